The van der Waals surface area contributed by atoms with Crippen LogP contribution >= 0.6 is 23.4 Å². The van der Waals surface area contributed by atoms with Crippen molar-refractivity contribution >= 4 is 41.3 Å². The highest BCUT2D eigenvalue weighted by molar-refractivity contribution is 8.04. The number of hydrogen-bond acceptors (Lipinski definition) is 3. The smallest absolute Gasteiger partial charge is 0.260 e. The van der Waals surface area contributed by atoms with Gasteiger partial charge in [-0.3, -0.25) is 9.59 Å². The summed E-state index contributed by atoms with van der Waals surface area (Å²) in [5, 5.41) is 4.02. The highest BCUT2D eigenvalue weighted by Gasteiger charge is 2.40. The normalized spacial score (nSPS) is 22.2. The van der Waals surface area contributed by atoms with Gasteiger partial charge in [0.25, 0.3) is 11.8 Å². The molecule has 2 aromatic rings. The molecule has 2 aromatic carbocycles. The molecule has 0 aromatic heterocycles. The van der Waals surface area contributed by atoms with Gasteiger partial charge in [-0.05, 0) is 68.2 Å². The summed E-state index contributed by atoms with van der Waals surface area (Å²) in [6, 6.07) is 15.6. The van der Waals surface area contributed by atoms with Crippen LogP contribution in [0.25, 0.3) is 6.08 Å². The summed E-state index contributed by atoms with van der Waals surface area (Å²) < 4.78 is 0. The molecule has 4 rings (SSSR count). The molecular formula is C26H29ClN2O2S. The van der Waals surface area contributed by atoms with Crippen molar-refractivity contribution in [2.75, 3.05) is 0 Å². The molecule has 2 fully saturated rings. The molecule has 4 nitrogen and oxygen atoms in total. The molecule has 0 bridgehead atoms. The number of benzene rings is 2. The Morgan fingerprint density at radius 2 is 1.94 bits per heavy atom. The predicted octanol–water partition coefficient (Wildman–Crippen LogP) is 5.91. The molecule has 168 valence electrons. The van der Waals surface area contributed by atoms with Crippen LogP contribution in [0.1, 0.15) is 61.0 Å². The molecule has 1 heterocycles. The number of carbonyl (C=O) groups excluding carboxylic acids is 2. The molecule has 2 aliphatic rings. The van der Waals surface area contributed by atoms with Crippen LogP contribution in [0.15, 0.2) is 53.4 Å². The first kappa shape index (κ1) is 22.9. The molecule has 2 amide bonds. The third kappa shape index (κ3) is 5.38. The largest absolute Gasteiger partial charge is 0.350 e. The number of halogens is 1. The van der Waals surface area contributed by atoms with Gasteiger partial charge >= 0.3 is 0 Å². The number of hydrogen-bond donors (Lipinski definition) is 1. The van der Waals surface area contributed by atoms with E-state index < -0.39 is 0 Å². The second-order valence-corrected chi connectivity index (χ2v) is 10.5. The quantitative estimate of drug-likeness (QED) is 0.555. The van der Waals surface area contributed by atoms with Gasteiger partial charge in [-0.25, -0.2) is 0 Å². The van der Waals surface area contributed by atoms with Gasteiger partial charge in [0.1, 0.15) is 0 Å². The first-order chi connectivity index (χ1) is 15.4. The lowest BCUT2D eigenvalue weighted by Crippen LogP contribution is -2.50. The summed E-state index contributed by atoms with van der Waals surface area (Å²) in [4.78, 5) is 28.5. The van der Waals surface area contributed by atoms with Crippen molar-refractivity contribution in [3.63, 3.8) is 0 Å². The minimum atomic E-state index is -0.0833. The lowest BCUT2D eigenvalue weighted by Gasteiger charge is -2.44. The second-order valence-electron chi connectivity index (χ2n) is 8.83. The number of rotatable bonds is 5. The fourth-order valence-corrected chi connectivity index (χ4v) is 6.11. The van der Waals surface area contributed by atoms with Crippen molar-refractivity contribution in [1.29, 1.82) is 0 Å². The van der Waals surface area contributed by atoms with E-state index in [1.54, 1.807) is 11.8 Å². The van der Waals surface area contributed by atoms with Crippen LogP contribution < -0.4 is 5.32 Å². The Morgan fingerprint density at radius 3 is 2.66 bits per heavy atom. The van der Waals surface area contributed by atoms with Crippen molar-refractivity contribution in [3.05, 3.63) is 75.1 Å². The summed E-state index contributed by atoms with van der Waals surface area (Å²) in [7, 11) is 0. The van der Waals surface area contributed by atoms with Gasteiger partial charge in [-0.15, -0.1) is 11.8 Å². The van der Waals surface area contributed by atoms with Crippen molar-refractivity contribution in [2.24, 2.45) is 0 Å². The number of thioether (sulfide) groups is 1. The van der Waals surface area contributed by atoms with Crippen LogP contribution in [0.5, 0.6) is 0 Å². The molecule has 1 aliphatic heterocycles. The Labute approximate surface area is 199 Å². The van der Waals surface area contributed by atoms with Crippen molar-refractivity contribution in [2.45, 2.75) is 63.4 Å². The molecule has 6 heteroatoms. The standard InChI is InChI=1S/C26H29ClN2O2S/c1-17(2)28-25(30)20-12-10-18(11-13-20)15-24-26(31)29(16-19-6-5-7-21(27)14-19)22-8-3-4-9-23(22)32-24/h5-7,10-15,17,22-23H,3-4,8-9,16H2,1-2H3,(H,28,30)/b24-15+. The van der Waals surface area contributed by atoms with Gasteiger partial charge in [0.15, 0.2) is 0 Å². The van der Waals surface area contributed by atoms with E-state index in [1.807, 2.05) is 73.4 Å². The zero-order valence-corrected chi connectivity index (χ0v) is 20.1. The number of carbonyl (C=O) groups is 2. The predicted molar refractivity (Wildman–Crippen MR) is 133 cm³/mol. The minimum Gasteiger partial charge on any atom is -0.350 e. The van der Waals surface area contributed by atoms with E-state index in [0.29, 0.717) is 22.4 Å². The minimum absolute atomic E-state index is 0.0831. The summed E-state index contributed by atoms with van der Waals surface area (Å²) in [6.45, 7) is 4.46. The maximum atomic E-state index is 13.5. The zero-order valence-electron chi connectivity index (χ0n) is 18.5. The van der Waals surface area contributed by atoms with Crippen LogP contribution in [0.4, 0.5) is 0 Å². The monoisotopic (exact) mass is 468 g/mol. The first-order valence-corrected chi connectivity index (χ1v) is 12.5. The summed E-state index contributed by atoms with van der Waals surface area (Å²) in [5.74, 6) is -0.000168. The van der Waals surface area contributed by atoms with E-state index in [4.69, 9.17) is 11.6 Å². The van der Waals surface area contributed by atoms with E-state index >= 15 is 0 Å². The van der Waals surface area contributed by atoms with Gasteiger partial charge in [-0.2, -0.15) is 0 Å². The third-order valence-electron chi connectivity index (χ3n) is 5.95. The summed E-state index contributed by atoms with van der Waals surface area (Å²) in [6.07, 6.45) is 6.52. The van der Waals surface area contributed by atoms with Crippen LogP contribution in [0.3, 0.4) is 0 Å². The highest BCUT2D eigenvalue weighted by Crippen LogP contribution is 2.42. The molecule has 2 atom stereocenters. The van der Waals surface area contributed by atoms with Crippen LogP contribution in [0.2, 0.25) is 5.02 Å². The summed E-state index contributed by atoms with van der Waals surface area (Å²) in [5.41, 5.74) is 2.61. The lowest BCUT2D eigenvalue weighted by atomic mass is 9.92. The molecule has 0 radical (unpaired) electrons. The maximum Gasteiger partial charge on any atom is 0.260 e. The Kier molecular flexibility index (Phi) is 7.27. The van der Waals surface area contributed by atoms with Crippen LogP contribution in [-0.4, -0.2) is 34.0 Å². The lowest BCUT2D eigenvalue weighted by molar-refractivity contribution is -0.130. The number of nitrogens with zero attached hydrogens (tertiary/aromatic N) is 1. The van der Waals surface area contributed by atoms with Crippen molar-refractivity contribution < 1.29 is 9.59 Å². The van der Waals surface area contributed by atoms with E-state index in [1.165, 1.54) is 12.8 Å². The van der Waals surface area contributed by atoms with E-state index in [-0.39, 0.29) is 23.9 Å². The Bertz CT molecular complexity index is 1020. The summed E-state index contributed by atoms with van der Waals surface area (Å²) >= 11 is 7.91. The number of amides is 2. The molecular weight excluding hydrogens is 440 g/mol. The molecule has 1 saturated carbocycles. The third-order valence-corrected chi connectivity index (χ3v) is 7.58. The van der Waals surface area contributed by atoms with Gasteiger partial charge < -0.3 is 10.2 Å². The maximum absolute atomic E-state index is 13.5. The Balaban J connectivity index is 1.57. The fourth-order valence-electron chi connectivity index (χ4n) is 4.42. The fraction of sp³-hybridized carbons (Fsp3) is 0.385. The highest BCUT2D eigenvalue weighted by atomic mass is 35.5. The van der Waals surface area contributed by atoms with E-state index in [0.717, 1.165) is 28.9 Å². The first-order valence-electron chi connectivity index (χ1n) is 11.3. The Hall–Kier alpha value is -2.24. The molecule has 2 unspecified atom stereocenters. The van der Waals surface area contributed by atoms with Crippen LogP contribution in [-0.2, 0) is 11.3 Å². The SMILES string of the molecule is CC(C)NC(=O)c1ccc(/C=C2/SC3CCCCC3N(Cc3cccc(Cl)c3)C2=O)cc1. The second kappa shape index (κ2) is 10.1. The molecule has 32 heavy (non-hydrogen) atoms. The number of fused-ring (bicyclic) bond motifs is 1. The van der Waals surface area contributed by atoms with E-state index in [9.17, 15) is 9.59 Å². The van der Waals surface area contributed by atoms with Crippen LogP contribution in [0, 0.1) is 0 Å². The molecule has 0 spiro atoms. The van der Waals surface area contributed by atoms with Crippen molar-refractivity contribution in [3.8, 4) is 0 Å². The molecule has 1 aliphatic carbocycles. The topological polar surface area (TPSA) is 49.4 Å². The van der Waals surface area contributed by atoms with E-state index in [2.05, 4.69) is 5.32 Å². The van der Waals surface area contributed by atoms with Gasteiger partial charge in [0.2, 0.25) is 0 Å². The Morgan fingerprint density at radius 1 is 1.19 bits per heavy atom. The number of nitrogens with one attached hydrogen (secondary N) is 1. The molecule has 1 saturated heterocycles. The average molecular weight is 469 g/mol. The van der Waals surface area contributed by atoms with Gasteiger partial charge in [0.05, 0.1) is 4.91 Å². The van der Waals surface area contributed by atoms with Gasteiger partial charge in [0, 0.05) is 34.5 Å². The van der Waals surface area contributed by atoms with Gasteiger partial charge in [-0.1, -0.05) is 48.7 Å². The molecule has 1 N–H and O–H groups in total. The zero-order chi connectivity index (χ0) is 22.7. The average Bonchev–Trinajstić information content (AvgIpc) is 2.76. The van der Waals surface area contributed by atoms with Crippen molar-refractivity contribution in [1.82, 2.24) is 10.2 Å².